The van der Waals surface area contributed by atoms with Gasteiger partial charge in [0.05, 0.1) is 26.2 Å². The lowest BCUT2D eigenvalue weighted by molar-refractivity contribution is -0.139. The zero-order valence-electron chi connectivity index (χ0n) is 14.0. The SMILES string of the molecule is O=CCN(CCNCC(=O)O)CCN(CCNCC(=O)O)CC(=O)O. The zero-order valence-corrected chi connectivity index (χ0v) is 14.0. The third-order valence-corrected chi connectivity index (χ3v) is 3.19. The second kappa shape index (κ2) is 14.3. The molecule has 0 atom stereocenters. The van der Waals surface area contributed by atoms with Crippen LogP contribution in [0, 0.1) is 0 Å². The average molecular weight is 362 g/mol. The number of carbonyl (C=O) groups excluding carboxylic acids is 1. The van der Waals surface area contributed by atoms with Gasteiger partial charge in [0.25, 0.3) is 0 Å². The minimum absolute atomic E-state index is 0.160. The van der Waals surface area contributed by atoms with Crippen LogP contribution in [-0.2, 0) is 19.2 Å². The molecule has 0 spiro atoms. The van der Waals surface area contributed by atoms with Crippen molar-refractivity contribution in [2.45, 2.75) is 0 Å². The van der Waals surface area contributed by atoms with Gasteiger partial charge in [-0.05, 0) is 0 Å². The second-order valence-corrected chi connectivity index (χ2v) is 5.28. The number of rotatable bonds is 17. The first-order valence-corrected chi connectivity index (χ1v) is 7.80. The molecule has 11 heteroatoms. The van der Waals surface area contributed by atoms with E-state index in [9.17, 15) is 19.2 Å². The molecule has 0 aromatic rings. The molecule has 0 bridgehead atoms. The molecule has 0 aliphatic heterocycles. The molecule has 0 aliphatic rings. The molecule has 0 rings (SSSR count). The Kier molecular flexibility index (Phi) is 13.1. The summed E-state index contributed by atoms with van der Waals surface area (Å²) in [7, 11) is 0. The molecule has 0 unspecified atom stereocenters. The van der Waals surface area contributed by atoms with E-state index >= 15 is 0 Å². The van der Waals surface area contributed by atoms with Gasteiger partial charge in [0, 0.05) is 39.3 Å². The van der Waals surface area contributed by atoms with E-state index in [-0.39, 0.29) is 26.2 Å². The summed E-state index contributed by atoms with van der Waals surface area (Å²) in [6, 6.07) is 0. The molecule has 0 amide bonds. The lowest BCUT2D eigenvalue weighted by Crippen LogP contribution is -2.43. The molecule has 11 nitrogen and oxygen atoms in total. The van der Waals surface area contributed by atoms with Crippen LogP contribution in [0.15, 0.2) is 0 Å². The van der Waals surface area contributed by atoms with E-state index in [0.29, 0.717) is 39.3 Å². The predicted molar refractivity (Wildman–Crippen MR) is 87.6 cm³/mol. The Bertz CT molecular complexity index is 433. The Balaban J connectivity index is 4.26. The lowest BCUT2D eigenvalue weighted by atomic mass is 10.3. The third kappa shape index (κ3) is 15.2. The van der Waals surface area contributed by atoms with Crippen LogP contribution in [0.3, 0.4) is 0 Å². The van der Waals surface area contributed by atoms with Crippen molar-refractivity contribution in [3.8, 4) is 0 Å². The van der Waals surface area contributed by atoms with Crippen molar-refractivity contribution in [1.82, 2.24) is 20.4 Å². The molecule has 0 saturated carbocycles. The molecule has 0 aliphatic carbocycles. The molecule has 144 valence electrons. The average Bonchev–Trinajstić information content (AvgIpc) is 2.51. The molecular formula is C14H26N4O7. The number of carboxylic acids is 3. The molecule has 25 heavy (non-hydrogen) atoms. The third-order valence-electron chi connectivity index (χ3n) is 3.19. The minimum Gasteiger partial charge on any atom is -0.480 e. The summed E-state index contributed by atoms with van der Waals surface area (Å²) in [5.41, 5.74) is 0. The van der Waals surface area contributed by atoms with Crippen molar-refractivity contribution >= 4 is 24.2 Å². The summed E-state index contributed by atoms with van der Waals surface area (Å²) < 4.78 is 0. The Morgan fingerprint density at radius 3 is 1.68 bits per heavy atom. The molecule has 0 fully saturated rings. The number of hydrogen-bond acceptors (Lipinski definition) is 8. The van der Waals surface area contributed by atoms with Crippen LogP contribution in [0.2, 0.25) is 0 Å². The molecule has 0 aromatic carbocycles. The maximum atomic E-state index is 10.9. The summed E-state index contributed by atoms with van der Waals surface area (Å²) in [6.07, 6.45) is 0.729. The Morgan fingerprint density at radius 2 is 1.24 bits per heavy atom. The van der Waals surface area contributed by atoms with Crippen molar-refractivity contribution in [3.63, 3.8) is 0 Å². The molecule has 5 N–H and O–H groups in total. The van der Waals surface area contributed by atoms with E-state index in [4.69, 9.17) is 15.3 Å². The van der Waals surface area contributed by atoms with Crippen LogP contribution in [0.5, 0.6) is 0 Å². The fraction of sp³-hybridized carbons (Fsp3) is 0.714. The number of carboxylic acid groups (broad SMARTS) is 3. The largest absolute Gasteiger partial charge is 0.480 e. The van der Waals surface area contributed by atoms with Crippen molar-refractivity contribution in [2.24, 2.45) is 0 Å². The van der Waals surface area contributed by atoms with Gasteiger partial charge in [-0.15, -0.1) is 0 Å². The van der Waals surface area contributed by atoms with Gasteiger partial charge < -0.3 is 30.7 Å². The van der Waals surface area contributed by atoms with Crippen LogP contribution in [-0.4, -0.2) is 115 Å². The van der Waals surface area contributed by atoms with Crippen LogP contribution in [0.25, 0.3) is 0 Å². The van der Waals surface area contributed by atoms with Gasteiger partial charge in [-0.25, -0.2) is 0 Å². The minimum atomic E-state index is -0.997. The number of hydrogen-bond donors (Lipinski definition) is 5. The molecular weight excluding hydrogens is 336 g/mol. The fourth-order valence-corrected chi connectivity index (χ4v) is 2.01. The van der Waals surface area contributed by atoms with Crippen LogP contribution >= 0.6 is 0 Å². The topological polar surface area (TPSA) is 160 Å². The van der Waals surface area contributed by atoms with Gasteiger partial charge >= 0.3 is 17.9 Å². The van der Waals surface area contributed by atoms with E-state index in [1.54, 1.807) is 9.80 Å². The van der Waals surface area contributed by atoms with Crippen molar-refractivity contribution in [3.05, 3.63) is 0 Å². The maximum absolute atomic E-state index is 10.9. The van der Waals surface area contributed by atoms with Gasteiger partial charge in [0.15, 0.2) is 0 Å². The number of carbonyl (C=O) groups is 4. The number of aldehydes is 1. The normalized spacial score (nSPS) is 11.0. The first kappa shape index (κ1) is 22.9. The highest BCUT2D eigenvalue weighted by Gasteiger charge is 2.12. The lowest BCUT2D eigenvalue weighted by Gasteiger charge is -2.25. The summed E-state index contributed by atoms with van der Waals surface area (Å²) in [5, 5.41) is 31.4. The van der Waals surface area contributed by atoms with Crippen LogP contribution in [0.1, 0.15) is 0 Å². The van der Waals surface area contributed by atoms with Gasteiger partial charge in [-0.1, -0.05) is 0 Å². The molecule has 0 saturated heterocycles. The van der Waals surface area contributed by atoms with Gasteiger partial charge in [0.1, 0.15) is 6.29 Å². The Morgan fingerprint density at radius 1 is 0.760 bits per heavy atom. The first-order chi connectivity index (χ1) is 11.8. The molecule has 0 radical (unpaired) electrons. The summed E-state index contributed by atoms with van der Waals surface area (Å²) in [5.74, 6) is -2.96. The summed E-state index contributed by atoms with van der Waals surface area (Å²) >= 11 is 0. The number of aliphatic carboxylic acids is 3. The van der Waals surface area contributed by atoms with Crippen molar-refractivity contribution in [1.29, 1.82) is 0 Å². The maximum Gasteiger partial charge on any atom is 0.317 e. The van der Waals surface area contributed by atoms with E-state index < -0.39 is 17.9 Å². The van der Waals surface area contributed by atoms with E-state index in [1.165, 1.54) is 0 Å². The highest BCUT2D eigenvalue weighted by molar-refractivity contribution is 5.69. The van der Waals surface area contributed by atoms with Gasteiger partial charge in [0.2, 0.25) is 0 Å². The zero-order chi connectivity index (χ0) is 19.1. The van der Waals surface area contributed by atoms with Crippen LogP contribution < -0.4 is 10.6 Å². The predicted octanol–water partition coefficient (Wildman–Crippen LogP) is -2.78. The quantitative estimate of drug-likeness (QED) is 0.134. The van der Waals surface area contributed by atoms with E-state index in [1.807, 2.05) is 0 Å². The standard InChI is InChI=1S/C14H26N4O7/c19-8-7-17(3-1-15-9-12(20)21)5-6-18(11-14(24)25)4-2-16-10-13(22)23/h8,15-16H,1-7,9-11H2,(H,20,21)(H,22,23)(H,24,25). The summed E-state index contributed by atoms with van der Waals surface area (Å²) in [6.45, 7) is 1.92. The highest BCUT2D eigenvalue weighted by atomic mass is 16.4. The Hall–Kier alpha value is -2.08. The first-order valence-electron chi connectivity index (χ1n) is 7.80. The fourth-order valence-electron chi connectivity index (χ4n) is 2.01. The van der Waals surface area contributed by atoms with Crippen molar-refractivity contribution < 1.29 is 34.5 Å². The van der Waals surface area contributed by atoms with Crippen molar-refractivity contribution in [2.75, 3.05) is 65.4 Å². The Labute approximate surface area is 145 Å². The highest BCUT2D eigenvalue weighted by Crippen LogP contribution is 1.92. The molecule has 0 heterocycles. The smallest absolute Gasteiger partial charge is 0.317 e. The number of nitrogens with zero attached hydrogens (tertiary/aromatic N) is 2. The van der Waals surface area contributed by atoms with Gasteiger partial charge in [-0.2, -0.15) is 0 Å². The molecule has 0 aromatic heterocycles. The van der Waals surface area contributed by atoms with Crippen LogP contribution in [0.4, 0.5) is 0 Å². The number of nitrogens with one attached hydrogen (secondary N) is 2. The van der Waals surface area contributed by atoms with E-state index in [2.05, 4.69) is 10.6 Å². The second-order valence-electron chi connectivity index (χ2n) is 5.28. The van der Waals surface area contributed by atoms with Gasteiger partial charge in [-0.3, -0.25) is 24.2 Å². The monoisotopic (exact) mass is 362 g/mol. The van der Waals surface area contributed by atoms with E-state index in [0.717, 1.165) is 6.29 Å². The summed E-state index contributed by atoms with van der Waals surface area (Å²) in [4.78, 5) is 45.9.